The largest absolute Gasteiger partial charge is 0.378 e. The van der Waals surface area contributed by atoms with Gasteiger partial charge in [0.15, 0.2) is 0 Å². The monoisotopic (exact) mass is 446 g/mol. The van der Waals surface area contributed by atoms with Crippen LogP contribution in [0.15, 0.2) is 59.1 Å². The number of nitrogens with zero attached hydrogens (tertiary/aromatic N) is 3. The lowest BCUT2D eigenvalue weighted by Crippen LogP contribution is -2.50. The van der Waals surface area contributed by atoms with Crippen molar-refractivity contribution in [3.8, 4) is 11.4 Å². The molecule has 1 saturated heterocycles. The number of methoxy groups -OCH3 is 1. The Morgan fingerprint density at radius 1 is 1.15 bits per heavy atom. The summed E-state index contributed by atoms with van der Waals surface area (Å²) in [7, 11) is 1.76. The topological polar surface area (TPSA) is 80.5 Å². The van der Waals surface area contributed by atoms with E-state index in [1.54, 1.807) is 7.11 Å². The molecular formula is C26H30N4O3. The van der Waals surface area contributed by atoms with Crippen molar-refractivity contribution in [3.05, 3.63) is 71.6 Å². The highest BCUT2D eigenvalue weighted by atomic mass is 16.5. The molecule has 7 nitrogen and oxygen atoms in total. The number of amides is 1. The summed E-state index contributed by atoms with van der Waals surface area (Å²) >= 11 is 0. The highest BCUT2D eigenvalue weighted by Crippen LogP contribution is 2.52. The molecule has 1 aromatic heterocycles. The zero-order chi connectivity index (χ0) is 22.8. The molecule has 1 spiro atoms. The Bertz CT molecular complexity index is 1110. The molecule has 2 atom stereocenters. The summed E-state index contributed by atoms with van der Waals surface area (Å²) in [5.41, 5.74) is 3.33. The van der Waals surface area contributed by atoms with Crippen LogP contribution in [-0.2, 0) is 21.5 Å². The minimum Gasteiger partial charge on any atom is -0.378 e. The Labute approximate surface area is 194 Å². The van der Waals surface area contributed by atoms with Crippen LogP contribution >= 0.6 is 0 Å². The number of aromatic nitrogens is 2. The molecule has 172 valence electrons. The van der Waals surface area contributed by atoms with Gasteiger partial charge in [-0.3, -0.25) is 9.69 Å². The minimum absolute atomic E-state index is 0.0527. The van der Waals surface area contributed by atoms with Crippen molar-refractivity contribution < 1.29 is 14.1 Å². The number of piperidine rings is 1. The van der Waals surface area contributed by atoms with Gasteiger partial charge in [-0.15, -0.1) is 0 Å². The molecule has 1 amide bonds. The van der Waals surface area contributed by atoms with Crippen molar-refractivity contribution in [2.24, 2.45) is 0 Å². The average Bonchev–Trinajstić information content (AvgIpc) is 3.42. The molecule has 2 heterocycles. The molecule has 1 N–H and O–H groups in total. The van der Waals surface area contributed by atoms with Crippen LogP contribution in [0.5, 0.6) is 0 Å². The lowest BCUT2D eigenvalue weighted by molar-refractivity contribution is -0.123. The van der Waals surface area contributed by atoms with Gasteiger partial charge in [0.25, 0.3) is 0 Å². The summed E-state index contributed by atoms with van der Waals surface area (Å²) in [6.07, 6.45) is 2.27. The highest BCUT2D eigenvalue weighted by Gasteiger charge is 2.53. The highest BCUT2D eigenvalue weighted by molar-refractivity contribution is 5.76. The summed E-state index contributed by atoms with van der Waals surface area (Å²) in [6, 6.07) is 18.2. The van der Waals surface area contributed by atoms with E-state index in [0.29, 0.717) is 24.7 Å². The van der Waals surface area contributed by atoms with Crippen molar-refractivity contribution in [1.82, 2.24) is 20.4 Å². The molecule has 33 heavy (non-hydrogen) atoms. The Hall–Kier alpha value is -3.03. The fourth-order valence-corrected chi connectivity index (χ4v) is 5.53. The molecule has 2 aliphatic rings. The number of ether oxygens (including phenoxy) is 1. The fourth-order valence-electron chi connectivity index (χ4n) is 5.53. The van der Waals surface area contributed by atoms with Gasteiger partial charge in [-0.05, 0) is 37.1 Å². The SMILES string of the molecule is CCC(=O)N[C@@H]1c2ccccc2C2(CCN(Cc3nc(-c4ccccc4)no3)CC2)[C@H]1OC. The number of nitrogens with one attached hydrogen (secondary N) is 1. The molecule has 0 saturated carbocycles. The number of carbonyl (C=O) groups is 1. The predicted octanol–water partition coefficient (Wildman–Crippen LogP) is 3.87. The first kappa shape index (κ1) is 21.8. The Morgan fingerprint density at radius 3 is 2.61 bits per heavy atom. The molecule has 3 aromatic rings. The zero-order valence-electron chi connectivity index (χ0n) is 19.2. The molecule has 1 fully saturated rings. The maximum atomic E-state index is 12.3. The molecule has 1 aliphatic carbocycles. The molecule has 2 aromatic carbocycles. The van der Waals surface area contributed by atoms with Gasteiger partial charge < -0.3 is 14.6 Å². The molecule has 0 unspecified atom stereocenters. The summed E-state index contributed by atoms with van der Waals surface area (Å²) in [5.74, 6) is 1.31. The standard InChI is InChI=1S/C26H30N4O3/c1-3-21(31)27-23-19-11-7-8-12-20(19)26(24(23)32-2)13-15-30(16-14-26)17-22-28-25(29-33-22)18-9-5-4-6-10-18/h4-12,23-24H,3,13-17H2,1-2H3,(H,27,31)/t23-,24+/m1/s1. The van der Waals surface area contributed by atoms with E-state index in [1.807, 2.05) is 43.3 Å². The van der Waals surface area contributed by atoms with Crippen LogP contribution in [0.25, 0.3) is 11.4 Å². The maximum absolute atomic E-state index is 12.3. The van der Waals surface area contributed by atoms with E-state index < -0.39 is 0 Å². The fraction of sp³-hybridized carbons (Fsp3) is 0.423. The first-order chi connectivity index (χ1) is 16.1. The van der Waals surface area contributed by atoms with E-state index in [0.717, 1.165) is 31.5 Å². The molecule has 1 aliphatic heterocycles. The van der Waals surface area contributed by atoms with Crippen molar-refractivity contribution in [2.45, 2.75) is 50.3 Å². The van der Waals surface area contributed by atoms with Crippen LogP contribution < -0.4 is 5.32 Å². The van der Waals surface area contributed by atoms with Gasteiger partial charge in [-0.1, -0.05) is 66.7 Å². The van der Waals surface area contributed by atoms with E-state index in [-0.39, 0.29) is 23.5 Å². The third kappa shape index (κ3) is 3.96. The van der Waals surface area contributed by atoms with E-state index in [9.17, 15) is 4.79 Å². The van der Waals surface area contributed by atoms with E-state index in [1.165, 1.54) is 11.1 Å². The smallest absolute Gasteiger partial charge is 0.241 e. The summed E-state index contributed by atoms with van der Waals surface area (Å²) < 4.78 is 11.6. The third-order valence-electron chi connectivity index (χ3n) is 7.18. The van der Waals surface area contributed by atoms with Crippen molar-refractivity contribution >= 4 is 5.91 Å². The van der Waals surface area contributed by atoms with Crippen molar-refractivity contribution in [1.29, 1.82) is 0 Å². The van der Waals surface area contributed by atoms with Gasteiger partial charge in [0.1, 0.15) is 0 Å². The molecule has 5 rings (SSSR count). The van der Waals surface area contributed by atoms with Crippen LogP contribution in [0.2, 0.25) is 0 Å². The zero-order valence-corrected chi connectivity index (χ0v) is 19.2. The van der Waals surface area contributed by atoms with Crippen LogP contribution in [0.3, 0.4) is 0 Å². The Morgan fingerprint density at radius 2 is 1.88 bits per heavy atom. The van der Waals surface area contributed by atoms with Crippen molar-refractivity contribution in [2.75, 3.05) is 20.2 Å². The first-order valence-corrected chi connectivity index (χ1v) is 11.7. The minimum atomic E-state index is -0.116. The van der Waals surface area contributed by atoms with E-state index in [2.05, 4.69) is 38.6 Å². The molecule has 0 bridgehead atoms. The Balaban J connectivity index is 1.32. The third-order valence-corrected chi connectivity index (χ3v) is 7.18. The van der Waals surface area contributed by atoms with E-state index in [4.69, 9.17) is 9.26 Å². The number of likely N-dealkylation sites (tertiary alicyclic amines) is 1. The number of rotatable bonds is 6. The average molecular weight is 447 g/mol. The number of benzene rings is 2. The van der Waals surface area contributed by atoms with Crippen molar-refractivity contribution in [3.63, 3.8) is 0 Å². The molecule has 7 heteroatoms. The molecule has 0 radical (unpaired) electrons. The lowest BCUT2D eigenvalue weighted by Gasteiger charge is -2.43. The Kier molecular flexibility index (Phi) is 6.00. The van der Waals surface area contributed by atoms with Crippen LogP contribution in [0.4, 0.5) is 0 Å². The second-order valence-electron chi connectivity index (χ2n) is 8.95. The van der Waals surface area contributed by atoms with Crippen LogP contribution in [-0.4, -0.2) is 47.3 Å². The van der Waals surface area contributed by atoms with Gasteiger partial charge in [0.2, 0.25) is 17.6 Å². The van der Waals surface area contributed by atoms with Gasteiger partial charge >= 0.3 is 0 Å². The van der Waals surface area contributed by atoms with Crippen LogP contribution in [0.1, 0.15) is 49.2 Å². The predicted molar refractivity (Wildman–Crippen MR) is 124 cm³/mol. The lowest BCUT2D eigenvalue weighted by atomic mass is 9.72. The quantitative estimate of drug-likeness (QED) is 0.619. The number of carbonyl (C=O) groups excluding carboxylic acids is 1. The van der Waals surface area contributed by atoms with Gasteiger partial charge in [-0.25, -0.2) is 0 Å². The second kappa shape index (κ2) is 9.08. The summed E-state index contributed by atoms with van der Waals surface area (Å²) in [5, 5.41) is 7.37. The number of hydrogen-bond acceptors (Lipinski definition) is 6. The second-order valence-corrected chi connectivity index (χ2v) is 8.95. The van der Waals surface area contributed by atoms with Gasteiger partial charge in [-0.2, -0.15) is 4.98 Å². The first-order valence-electron chi connectivity index (χ1n) is 11.7. The van der Waals surface area contributed by atoms with E-state index >= 15 is 0 Å². The normalized spacial score (nSPS) is 21.8. The van der Waals surface area contributed by atoms with Crippen LogP contribution in [0, 0.1) is 0 Å². The van der Waals surface area contributed by atoms with Gasteiger partial charge in [0, 0.05) is 24.5 Å². The summed E-state index contributed by atoms with van der Waals surface area (Å²) in [4.78, 5) is 19.2. The maximum Gasteiger partial charge on any atom is 0.241 e. The summed E-state index contributed by atoms with van der Waals surface area (Å²) in [6.45, 7) is 4.30. The number of fused-ring (bicyclic) bond motifs is 2. The molecular weight excluding hydrogens is 416 g/mol. The number of hydrogen-bond donors (Lipinski definition) is 1. The van der Waals surface area contributed by atoms with Gasteiger partial charge in [0.05, 0.1) is 18.7 Å².